The summed E-state index contributed by atoms with van der Waals surface area (Å²) in [5.41, 5.74) is 1.99. The van der Waals surface area contributed by atoms with Crippen LogP contribution in [0.3, 0.4) is 0 Å². The molecule has 4 heteroatoms. The Balaban J connectivity index is 1.93. The van der Waals surface area contributed by atoms with Gasteiger partial charge in [-0.05, 0) is 38.4 Å². The Morgan fingerprint density at radius 3 is 3.00 bits per heavy atom. The number of rotatable bonds is 3. The maximum absolute atomic E-state index is 10.5. The SMILES string of the molecule is COc1cc2c(cc1C(O)C1CCCN1)OC(C)C2. The first-order chi connectivity index (χ1) is 9.19. The Kier molecular flexibility index (Phi) is 3.37. The van der Waals surface area contributed by atoms with Crippen LogP contribution in [-0.4, -0.2) is 30.9 Å². The maximum Gasteiger partial charge on any atom is 0.125 e. The highest BCUT2D eigenvalue weighted by Crippen LogP contribution is 2.39. The van der Waals surface area contributed by atoms with Crippen molar-refractivity contribution in [3.8, 4) is 11.5 Å². The van der Waals surface area contributed by atoms with E-state index in [0.717, 1.165) is 42.9 Å². The highest BCUT2D eigenvalue weighted by atomic mass is 16.5. The molecule has 1 saturated heterocycles. The van der Waals surface area contributed by atoms with Crippen LogP contribution in [0.15, 0.2) is 12.1 Å². The van der Waals surface area contributed by atoms with Gasteiger partial charge in [0.15, 0.2) is 0 Å². The molecule has 4 nitrogen and oxygen atoms in total. The minimum atomic E-state index is -0.540. The van der Waals surface area contributed by atoms with E-state index >= 15 is 0 Å². The van der Waals surface area contributed by atoms with Crippen LogP contribution in [0.2, 0.25) is 0 Å². The van der Waals surface area contributed by atoms with Gasteiger partial charge in [0.25, 0.3) is 0 Å². The molecule has 0 aromatic heterocycles. The van der Waals surface area contributed by atoms with Crippen molar-refractivity contribution in [1.29, 1.82) is 0 Å². The van der Waals surface area contributed by atoms with E-state index in [1.165, 1.54) is 5.56 Å². The van der Waals surface area contributed by atoms with Gasteiger partial charge in [-0.25, -0.2) is 0 Å². The number of aliphatic hydroxyl groups excluding tert-OH is 1. The molecule has 2 aliphatic rings. The van der Waals surface area contributed by atoms with Crippen molar-refractivity contribution in [2.45, 2.75) is 44.4 Å². The van der Waals surface area contributed by atoms with Crippen LogP contribution in [0.25, 0.3) is 0 Å². The number of hydrogen-bond acceptors (Lipinski definition) is 4. The van der Waals surface area contributed by atoms with Crippen molar-refractivity contribution in [2.75, 3.05) is 13.7 Å². The maximum atomic E-state index is 10.5. The standard InChI is InChI=1S/C15H21NO3/c1-9-6-10-7-14(18-2)11(8-13(10)19-9)15(17)12-4-3-5-16-12/h7-9,12,15-17H,3-6H2,1-2H3. The third-order valence-electron chi connectivity index (χ3n) is 4.05. The van der Waals surface area contributed by atoms with Gasteiger partial charge in [-0.2, -0.15) is 0 Å². The zero-order valence-corrected chi connectivity index (χ0v) is 11.5. The molecule has 1 fully saturated rings. The summed E-state index contributed by atoms with van der Waals surface area (Å²) in [5.74, 6) is 1.65. The van der Waals surface area contributed by atoms with Gasteiger partial charge < -0.3 is 19.9 Å². The molecule has 0 amide bonds. The van der Waals surface area contributed by atoms with E-state index in [2.05, 4.69) is 12.2 Å². The summed E-state index contributed by atoms with van der Waals surface area (Å²) in [6, 6.07) is 4.07. The Labute approximate surface area is 113 Å². The van der Waals surface area contributed by atoms with Crippen LogP contribution in [0.5, 0.6) is 11.5 Å². The Morgan fingerprint density at radius 1 is 1.47 bits per heavy atom. The number of fused-ring (bicyclic) bond motifs is 1. The first-order valence-corrected chi connectivity index (χ1v) is 6.98. The molecule has 3 unspecified atom stereocenters. The average molecular weight is 263 g/mol. The van der Waals surface area contributed by atoms with E-state index in [4.69, 9.17) is 9.47 Å². The minimum absolute atomic E-state index is 0.116. The lowest BCUT2D eigenvalue weighted by Crippen LogP contribution is -2.29. The summed E-state index contributed by atoms with van der Waals surface area (Å²) in [6.07, 6.45) is 2.68. The highest BCUT2D eigenvalue weighted by molar-refractivity contribution is 5.49. The molecule has 2 aliphatic heterocycles. The summed E-state index contributed by atoms with van der Waals surface area (Å²) in [5, 5.41) is 13.9. The quantitative estimate of drug-likeness (QED) is 0.873. The van der Waals surface area contributed by atoms with Crippen molar-refractivity contribution in [3.05, 3.63) is 23.3 Å². The molecular weight excluding hydrogens is 242 g/mol. The molecule has 1 aromatic rings. The zero-order valence-electron chi connectivity index (χ0n) is 11.5. The highest BCUT2D eigenvalue weighted by Gasteiger charge is 2.29. The van der Waals surface area contributed by atoms with Crippen LogP contribution >= 0.6 is 0 Å². The smallest absolute Gasteiger partial charge is 0.125 e. The largest absolute Gasteiger partial charge is 0.496 e. The second kappa shape index (κ2) is 5.02. The molecule has 0 bridgehead atoms. The summed E-state index contributed by atoms with van der Waals surface area (Å²) in [7, 11) is 1.65. The lowest BCUT2D eigenvalue weighted by atomic mass is 9.97. The fourth-order valence-corrected chi connectivity index (χ4v) is 3.06. The van der Waals surface area contributed by atoms with E-state index < -0.39 is 6.10 Å². The monoisotopic (exact) mass is 263 g/mol. The van der Waals surface area contributed by atoms with Gasteiger partial charge in [0.2, 0.25) is 0 Å². The van der Waals surface area contributed by atoms with Crippen molar-refractivity contribution in [2.24, 2.45) is 0 Å². The van der Waals surface area contributed by atoms with E-state index in [-0.39, 0.29) is 12.1 Å². The molecule has 1 aromatic carbocycles. The normalized spacial score (nSPS) is 26.9. The van der Waals surface area contributed by atoms with Crippen LogP contribution in [0.1, 0.15) is 37.0 Å². The van der Waals surface area contributed by atoms with Gasteiger partial charge in [-0.1, -0.05) is 0 Å². The molecule has 19 heavy (non-hydrogen) atoms. The minimum Gasteiger partial charge on any atom is -0.496 e. The van der Waals surface area contributed by atoms with Gasteiger partial charge in [0, 0.05) is 23.6 Å². The third-order valence-corrected chi connectivity index (χ3v) is 4.05. The fraction of sp³-hybridized carbons (Fsp3) is 0.600. The molecule has 0 aliphatic carbocycles. The molecule has 2 N–H and O–H groups in total. The first kappa shape index (κ1) is 12.8. The van der Waals surface area contributed by atoms with Gasteiger partial charge in [0.1, 0.15) is 17.6 Å². The van der Waals surface area contributed by atoms with Gasteiger partial charge in [-0.3, -0.25) is 0 Å². The van der Waals surface area contributed by atoms with Crippen LogP contribution in [-0.2, 0) is 6.42 Å². The predicted molar refractivity (Wildman–Crippen MR) is 72.8 cm³/mol. The predicted octanol–water partition coefficient (Wildman–Crippen LogP) is 1.80. The second-order valence-corrected chi connectivity index (χ2v) is 5.48. The lowest BCUT2D eigenvalue weighted by molar-refractivity contribution is 0.133. The van der Waals surface area contributed by atoms with Crippen molar-refractivity contribution >= 4 is 0 Å². The Bertz CT molecular complexity index is 469. The summed E-state index contributed by atoms with van der Waals surface area (Å²) in [6.45, 7) is 3.03. The van der Waals surface area contributed by atoms with Gasteiger partial charge in [-0.15, -0.1) is 0 Å². The molecule has 2 heterocycles. The van der Waals surface area contributed by atoms with Crippen molar-refractivity contribution in [1.82, 2.24) is 5.32 Å². The van der Waals surface area contributed by atoms with Gasteiger partial charge in [0.05, 0.1) is 13.2 Å². The number of ether oxygens (including phenoxy) is 2. The molecule has 0 spiro atoms. The summed E-state index contributed by atoms with van der Waals surface area (Å²) >= 11 is 0. The Hall–Kier alpha value is -1.26. The summed E-state index contributed by atoms with van der Waals surface area (Å²) in [4.78, 5) is 0. The summed E-state index contributed by atoms with van der Waals surface area (Å²) < 4.78 is 11.2. The third kappa shape index (κ3) is 2.30. The Morgan fingerprint density at radius 2 is 2.32 bits per heavy atom. The number of nitrogens with one attached hydrogen (secondary N) is 1. The van der Waals surface area contributed by atoms with Crippen molar-refractivity contribution < 1.29 is 14.6 Å². The second-order valence-electron chi connectivity index (χ2n) is 5.48. The van der Waals surface area contributed by atoms with Crippen LogP contribution in [0, 0.1) is 0 Å². The van der Waals surface area contributed by atoms with Crippen LogP contribution < -0.4 is 14.8 Å². The van der Waals surface area contributed by atoms with E-state index in [1.54, 1.807) is 7.11 Å². The molecule has 3 atom stereocenters. The van der Waals surface area contributed by atoms with E-state index in [9.17, 15) is 5.11 Å². The first-order valence-electron chi connectivity index (χ1n) is 6.98. The van der Waals surface area contributed by atoms with E-state index in [0.29, 0.717) is 0 Å². The van der Waals surface area contributed by atoms with E-state index in [1.807, 2.05) is 12.1 Å². The topological polar surface area (TPSA) is 50.7 Å². The van der Waals surface area contributed by atoms with Crippen molar-refractivity contribution in [3.63, 3.8) is 0 Å². The number of methoxy groups -OCH3 is 1. The number of benzene rings is 1. The fourth-order valence-electron chi connectivity index (χ4n) is 3.06. The average Bonchev–Trinajstić information content (AvgIpc) is 3.03. The lowest BCUT2D eigenvalue weighted by Gasteiger charge is -2.21. The number of hydrogen-bond donors (Lipinski definition) is 2. The molecule has 3 rings (SSSR count). The molecule has 0 saturated carbocycles. The van der Waals surface area contributed by atoms with Gasteiger partial charge >= 0.3 is 0 Å². The zero-order chi connectivity index (χ0) is 13.4. The molecule has 0 radical (unpaired) electrons. The molecule has 104 valence electrons. The number of aliphatic hydroxyl groups is 1. The van der Waals surface area contributed by atoms with Crippen LogP contribution in [0.4, 0.5) is 0 Å². The molecular formula is C15H21NO3.